The molecule has 5 heteroatoms. The second kappa shape index (κ2) is 4.84. The second-order valence-electron chi connectivity index (χ2n) is 6.24. The van der Waals surface area contributed by atoms with Crippen LogP contribution in [-0.2, 0) is 0 Å². The standard InChI is InChI=1S/C16H19N3O2/c1-10-17-14-3-2-12(7-15(14)21-10)16(20)18-13-6-11-4-5-19(8-11)9-13/h2-3,7,11,13H,4-6,8-9H2,1H3,(H,18,20). The summed E-state index contributed by atoms with van der Waals surface area (Å²) in [5.41, 5.74) is 2.12. The predicted octanol–water partition coefficient (Wildman–Crippen LogP) is 1.96. The van der Waals surface area contributed by atoms with Gasteiger partial charge in [-0.15, -0.1) is 0 Å². The Balaban J connectivity index is 1.50. The van der Waals surface area contributed by atoms with E-state index in [1.165, 1.54) is 19.5 Å². The maximum Gasteiger partial charge on any atom is 0.251 e. The van der Waals surface area contributed by atoms with Crippen molar-refractivity contribution in [1.82, 2.24) is 15.2 Å². The maximum absolute atomic E-state index is 12.4. The molecule has 3 atom stereocenters. The first-order valence-corrected chi connectivity index (χ1v) is 7.58. The van der Waals surface area contributed by atoms with Crippen LogP contribution in [0.15, 0.2) is 22.6 Å². The summed E-state index contributed by atoms with van der Waals surface area (Å²) in [6, 6.07) is 5.71. The van der Waals surface area contributed by atoms with Gasteiger partial charge in [0.2, 0.25) is 0 Å². The highest BCUT2D eigenvalue weighted by atomic mass is 16.3. The third-order valence-electron chi connectivity index (χ3n) is 4.56. The van der Waals surface area contributed by atoms with Gasteiger partial charge in [0.15, 0.2) is 11.5 Å². The normalized spacial score (nSPS) is 28.0. The minimum absolute atomic E-state index is 0.0153. The zero-order valence-electron chi connectivity index (χ0n) is 12.1. The first-order valence-electron chi connectivity index (χ1n) is 7.58. The van der Waals surface area contributed by atoms with Crippen molar-refractivity contribution in [2.75, 3.05) is 19.6 Å². The van der Waals surface area contributed by atoms with E-state index in [4.69, 9.17) is 4.42 Å². The monoisotopic (exact) mass is 285 g/mol. The number of hydrogen-bond donors (Lipinski definition) is 1. The quantitative estimate of drug-likeness (QED) is 0.916. The zero-order chi connectivity index (χ0) is 14.4. The van der Waals surface area contributed by atoms with Gasteiger partial charge in [0.1, 0.15) is 5.52 Å². The van der Waals surface area contributed by atoms with Gasteiger partial charge in [0.05, 0.1) is 0 Å². The number of nitrogens with one attached hydrogen (secondary N) is 1. The topological polar surface area (TPSA) is 58.4 Å². The summed E-state index contributed by atoms with van der Waals surface area (Å²) < 4.78 is 5.49. The molecule has 0 spiro atoms. The highest BCUT2D eigenvalue weighted by Crippen LogP contribution is 2.27. The molecule has 3 heterocycles. The summed E-state index contributed by atoms with van der Waals surface area (Å²) >= 11 is 0. The van der Waals surface area contributed by atoms with Gasteiger partial charge in [-0.1, -0.05) is 0 Å². The number of nitrogens with zero attached hydrogens (tertiary/aromatic N) is 2. The lowest BCUT2D eigenvalue weighted by molar-refractivity contribution is 0.0909. The van der Waals surface area contributed by atoms with E-state index in [0.717, 1.165) is 24.4 Å². The van der Waals surface area contributed by atoms with Crippen molar-refractivity contribution < 1.29 is 9.21 Å². The van der Waals surface area contributed by atoms with Gasteiger partial charge in [-0.2, -0.15) is 0 Å². The number of aryl methyl sites for hydroxylation is 1. The number of oxazole rings is 1. The average molecular weight is 285 g/mol. The average Bonchev–Trinajstić information content (AvgIpc) is 2.99. The molecule has 0 aliphatic carbocycles. The van der Waals surface area contributed by atoms with Gasteiger partial charge < -0.3 is 14.6 Å². The number of carbonyl (C=O) groups is 1. The van der Waals surface area contributed by atoms with Gasteiger partial charge in [-0.25, -0.2) is 4.98 Å². The molecular weight excluding hydrogens is 266 g/mol. The van der Waals surface area contributed by atoms with Gasteiger partial charge in [0, 0.05) is 31.6 Å². The molecule has 1 amide bonds. The van der Waals surface area contributed by atoms with Crippen LogP contribution >= 0.6 is 0 Å². The Labute approximate surface area is 123 Å². The number of aromatic nitrogens is 1. The largest absolute Gasteiger partial charge is 0.441 e. The number of rotatable bonds is 2. The van der Waals surface area contributed by atoms with Crippen molar-refractivity contribution in [3.8, 4) is 0 Å². The summed E-state index contributed by atoms with van der Waals surface area (Å²) in [4.78, 5) is 19.1. The van der Waals surface area contributed by atoms with Gasteiger partial charge in [-0.05, 0) is 43.5 Å². The van der Waals surface area contributed by atoms with Crippen molar-refractivity contribution in [3.05, 3.63) is 29.7 Å². The van der Waals surface area contributed by atoms with Crippen LogP contribution in [0, 0.1) is 12.8 Å². The van der Waals surface area contributed by atoms with E-state index in [-0.39, 0.29) is 11.9 Å². The Morgan fingerprint density at radius 2 is 2.33 bits per heavy atom. The molecule has 2 fully saturated rings. The van der Waals surface area contributed by atoms with Crippen LogP contribution in [0.4, 0.5) is 0 Å². The third kappa shape index (κ3) is 2.42. The first kappa shape index (κ1) is 12.8. The Hall–Kier alpha value is -1.88. The van der Waals surface area contributed by atoms with Gasteiger partial charge in [-0.3, -0.25) is 4.79 Å². The van der Waals surface area contributed by atoms with Crippen molar-refractivity contribution in [3.63, 3.8) is 0 Å². The number of carbonyl (C=O) groups excluding carboxylic acids is 1. The fourth-order valence-electron chi connectivity index (χ4n) is 3.61. The van der Waals surface area contributed by atoms with Crippen molar-refractivity contribution in [2.45, 2.75) is 25.8 Å². The minimum atomic E-state index is -0.0153. The fraction of sp³-hybridized carbons (Fsp3) is 0.500. The molecule has 1 N–H and O–H groups in total. The van der Waals surface area contributed by atoms with Crippen LogP contribution in [0.2, 0.25) is 0 Å². The molecular formula is C16H19N3O2. The molecule has 2 bridgehead atoms. The van der Waals surface area contributed by atoms with Gasteiger partial charge in [0.25, 0.3) is 5.91 Å². The lowest BCUT2D eigenvalue weighted by Gasteiger charge is -2.30. The number of benzene rings is 1. The molecule has 1 aromatic heterocycles. The SMILES string of the molecule is Cc1nc2ccc(C(=O)NC3CC4CCN(C4)C3)cc2o1. The van der Waals surface area contributed by atoms with Crippen molar-refractivity contribution in [2.24, 2.45) is 5.92 Å². The summed E-state index contributed by atoms with van der Waals surface area (Å²) in [6.07, 6.45) is 2.38. The summed E-state index contributed by atoms with van der Waals surface area (Å²) in [7, 11) is 0. The minimum Gasteiger partial charge on any atom is -0.441 e. The molecule has 2 aliphatic heterocycles. The van der Waals surface area contributed by atoms with E-state index in [1.54, 1.807) is 6.07 Å². The molecule has 2 aromatic rings. The third-order valence-corrected chi connectivity index (χ3v) is 4.56. The smallest absolute Gasteiger partial charge is 0.251 e. The van der Waals surface area contributed by atoms with Crippen LogP contribution in [0.3, 0.4) is 0 Å². The molecule has 0 saturated carbocycles. The highest BCUT2D eigenvalue weighted by molar-refractivity contribution is 5.97. The predicted molar refractivity (Wildman–Crippen MR) is 79.2 cm³/mol. The number of piperidine rings is 1. The molecule has 1 aromatic carbocycles. The lowest BCUT2D eigenvalue weighted by atomic mass is 9.96. The molecule has 2 saturated heterocycles. The van der Waals surface area contributed by atoms with Crippen molar-refractivity contribution >= 4 is 17.0 Å². The van der Waals surface area contributed by atoms with E-state index < -0.39 is 0 Å². The number of fused-ring (bicyclic) bond motifs is 3. The van der Waals surface area contributed by atoms with Crippen LogP contribution in [0.1, 0.15) is 29.1 Å². The molecule has 0 radical (unpaired) electrons. The van der Waals surface area contributed by atoms with E-state index in [0.29, 0.717) is 17.0 Å². The molecule has 2 aliphatic rings. The van der Waals surface area contributed by atoms with Crippen LogP contribution < -0.4 is 5.32 Å². The molecule has 3 unspecified atom stereocenters. The van der Waals surface area contributed by atoms with Crippen molar-refractivity contribution in [1.29, 1.82) is 0 Å². The van der Waals surface area contributed by atoms with E-state index in [9.17, 15) is 4.79 Å². The Kier molecular flexibility index (Phi) is 2.96. The Bertz CT molecular complexity index is 682. The fourth-order valence-corrected chi connectivity index (χ4v) is 3.61. The highest BCUT2D eigenvalue weighted by Gasteiger charge is 2.32. The summed E-state index contributed by atoms with van der Waals surface area (Å²) in [6.45, 7) is 5.17. The molecule has 110 valence electrons. The second-order valence-corrected chi connectivity index (χ2v) is 6.24. The molecule has 4 rings (SSSR count). The Morgan fingerprint density at radius 3 is 3.19 bits per heavy atom. The molecule has 5 nitrogen and oxygen atoms in total. The Morgan fingerprint density at radius 1 is 1.43 bits per heavy atom. The maximum atomic E-state index is 12.4. The summed E-state index contributed by atoms with van der Waals surface area (Å²) in [5, 5.41) is 3.16. The van der Waals surface area contributed by atoms with E-state index >= 15 is 0 Å². The summed E-state index contributed by atoms with van der Waals surface area (Å²) in [5.74, 6) is 1.36. The van der Waals surface area contributed by atoms with Crippen LogP contribution in [-0.4, -0.2) is 41.5 Å². The lowest BCUT2D eigenvalue weighted by Crippen LogP contribution is -2.47. The van der Waals surface area contributed by atoms with E-state index in [1.807, 2.05) is 19.1 Å². The zero-order valence-corrected chi connectivity index (χ0v) is 12.1. The van der Waals surface area contributed by atoms with Crippen LogP contribution in [0.5, 0.6) is 0 Å². The first-order chi connectivity index (χ1) is 10.2. The van der Waals surface area contributed by atoms with Gasteiger partial charge >= 0.3 is 0 Å². The van der Waals surface area contributed by atoms with E-state index in [2.05, 4.69) is 15.2 Å². The number of amides is 1. The van der Waals surface area contributed by atoms with Crippen LogP contribution in [0.25, 0.3) is 11.1 Å². The molecule has 21 heavy (non-hydrogen) atoms. The number of hydrogen-bond acceptors (Lipinski definition) is 4.